The summed E-state index contributed by atoms with van der Waals surface area (Å²) in [5, 5.41) is 9.22. The number of rotatable bonds is 7. The first-order valence-electron chi connectivity index (χ1n) is 7.07. The Morgan fingerprint density at radius 2 is 1.71 bits per heavy atom. The van der Waals surface area contributed by atoms with Gasteiger partial charge in [-0.05, 0) is 17.2 Å². The van der Waals surface area contributed by atoms with Crippen molar-refractivity contribution in [1.82, 2.24) is 4.90 Å². The quantitative estimate of drug-likeness (QED) is 0.822. The van der Waals surface area contributed by atoms with Crippen LogP contribution in [0.3, 0.4) is 0 Å². The predicted octanol–water partition coefficient (Wildman–Crippen LogP) is 2.28. The van der Waals surface area contributed by atoms with Gasteiger partial charge in [0.25, 0.3) is 0 Å². The smallest absolute Gasteiger partial charge is 0.127 e. The molecule has 0 fully saturated rings. The lowest BCUT2D eigenvalue weighted by Gasteiger charge is -2.22. The van der Waals surface area contributed by atoms with Gasteiger partial charge in [0.05, 0.1) is 6.61 Å². The van der Waals surface area contributed by atoms with Gasteiger partial charge in [0, 0.05) is 31.7 Å². The van der Waals surface area contributed by atoms with E-state index in [1.54, 1.807) is 12.1 Å². The lowest BCUT2D eigenvalue weighted by Crippen LogP contribution is -2.26. The lowest BCUT2D eigenvalue weighted by atomic mass is 10.1. The maximum atomic E-state index is 13.5. The number of hydrogen-bond acceptors (Lipinski definition) is 3. The molecule has 0 heterocycles. The second kappa shape index (κ2) is 7.88. The molecule has 0 amide bonds. The monoisotopic (exact) mass is 288 g/mol. The average molecular weight is 288 g/mol. The van der Waals surface area contributed by atoms with E-state index >= 15 is 0 Å². The van der Waals surface area contributed by atoms with E-state index < -0.39 is 0 Å². The number of nitrogens with zero attached hydrogens (tertiary/aromatic N) is 1. The Morgan fingerprint density at radius 1 is 1.00 bits per heavy atom. The molecule has 0 aliphatic carbocycles. The van der Waals surface area contributed by atoms with Crippen LogP contribution in [0.5, 0.6) is 0 Å². The summed E-state index contributed by atoms with van der Waals surface area (Å²) in [6, 6.07) is 15.1. The minimum Gasteiger partial charge on any atom is -0.395 e. The first-order valence-corrected chi connectivity index (χ1v) is 7.07. The van der Waals surface area contributed by atoms with Crippen molar-refractivity contribution < 1.29 is 9.50 Å². The summed E-state index contributed by atoms with van der Waals surface area (Å²) in [6.07, 6.45) is 0. The molecule has 0 aliphatic heterocycles. The molecule has 0 bridgehead atoms. The van der Waals surface area contributed by atoms with Crippen molar-refractivity contribution in [3.63, 3.8) is 0 Å². The third-order valence-corrected chi connectivity index (χ3v) is 3.40. The minimum absolute atomic E-state index is 0.0950. The zero-order chi connectivity index (χ0) is 15.1. The van der Waals surface area contributed by atoms with Gasteiger partial charge in [-0.2, -0.15) is 0 Å². The third kappa shape index (κ3) is 4.63. The van der Waals surface area contributed by atoms with Crippen LogP contribution in [-0.4, -0.2) is 23.2 Å². The maximum Gasteiger partial charge on any atom is 0.127 e. The number of nitrogens with two attached hydrogens (primary N) is 1. The Balaban J connectivity index is 2.09. The van der Waals surface area contributed by atoms with Crippen LogP contribution in [0.15, 0.2) is 48.5 Å². The summed E-state index contributed by atoms with van der Waals surface area (Å²) in [6.45, 7) is 2.26. The number of hydrogen-bond donors (Lipinski definition) is 2. The molecule has 112 valence electrons. The Hall–Kier alpha value is -1.75. The van der Waals surface area contributed by atoms with Gasteiger partial charge >= 0.3 is 0 Å². The van der Waals surface area contributed by atoms with Gasteiger partial charge in [-0.15, -0.1) is 0 Å². The highest BCUT2D eigenvalue weighted by Gasteiger charge is 2.08. The van der Waals surface area contributed by atoms with Gasteiger partial charge in [0.2, 0.25) is 0 Å². The van der Waals surface area contributed by atoms with E-state index in [0.29, 0.717) is 18.7 Å². The molecule has 3 nitrogen and oxygen atoms in total. The summed E-state index contributed by atoms with van der Waals surface area (Å²) >= 11 is 0. The normalized spacial score (nSPS) is 11.0. The summed E-state index contributed by atoms with van der Waals surface area (Å²) in [4.78, 5) is 2.13. The first kappa shape index (κ1) is 15.6. The van der Waals surface area contributed by atoms with Crippen molar-refractivity contribution in [1.29, 1.82) is 0 Å². The molecule has 21 heavy (non-hydrogen) atoms. The molecular weight excluding hydrogens is 267 g/mol. The van der Waals surface area contributed by atoms with E-state index in [9.17, 15) is 9.50 Å². The van der Waals surface area contributed by atoms with Crippen LogP contribution in [0.1, 0.15) is 16.7 Å². The molecule has 0 radical (unpaired) electrons. The first-order chi connectivity index (χ1) is 10.2. The van der Waals surface area contributed by atoms with E-state index in [1.807, 2.05) is 18.2 Å². The number of aliphatic hydroxyl groups is 1. The molecule has 2 rings (SSSR count). The highest BCUT2D eigenvalue weighted by atomic mass is 19.1. The fourth-order valence-corrected chi connectivity index (χ4v) is 2.34. The van der Waals surface area contributed by atoms with Crippen LogP contribution in [0.4, 0.5) is 4.39 Å². The standard InChI is InChI=1S/C17H21FN2O/c18-17-7-6-15(10-16(17)11-19)13-20(8-9-21)12-14-4-2-1-3-5-14/h1-7,10,21H,8-9,11-13,19H2. The third-order valence-electron chi connectivity index (χ3n) is 3.40. The lowest BCUT2D eigenvalue weighted by molar-refractivity contribution is 0.184. The molecule has 4 heteroatoms. The van der Waals surface area contributed by atoms with Crippen LogP contribution in [0, 0.1) is 5.82 Å². The molecule has 0 atom stereocenters. The van der Waals surface area contributed by atoms with Crippen LogP contribution in [0.2, 0.25) is 0 Å². The molecule has 0 aliphatic rings. The highest BCUT2D eigenvalue weighted by Crippen LogP contribution is 2.14. The Kier molecular flexibility index (Phi) is 5.87. The molecule has 0 saturated heterocycles. The topological polar surface area (TPSA) is 49.5 Å². The van der Waals surface area contributed by atoms with E-state index in [4.69, 9.17) is 5.73 Å². The molecule has 0 unspecified atom stereocenters. The zero-order valence-electron chi connectivity index (χ0n) is 12.0. The second-order valence-electron chi connectivity index (χ2n) is 5.05. The van der Waals surface area contributed by atoms with Crippen LogP contribution in [-0.2, 0) is 19.6 Å². The van der Waals surface area contributed by atoms with E-state index in [2.05, 4.69) is 17.0 Å². The summed E-state index contributed by atoms with van der Waals surface area (Å²) in [5.74, 6) is -0.266. The predicted molar refractivity (Wildman–Crippen MR) is 81.9 cm³/mol. The van der Waals surface area contributed by atoms with Gasteiger partial charge < -0.3 is 10.8 Å². The van der Waals surface area contributed by atoms with Crippen molar-refractivity contribution in [2.24, 2.45) is 5.73 Å². The van der Waals surface area contributed by atoms with E-state index in [-0.39, 0.29) is 19.0 Å². The van der Waals surface area contributed by atoms with Gasteiger partial charge in [0.15, 0.2) is 0 Å². The van der Waals surface area contributed by atoms with Crippen LogP contribution in [0.25, 0.3) is 0 Å². The second-order valence-corrected chi connectivity index (χ2v) is 5.05. The molecule has 2 aromatic rings. The van der Waals surface area contributed by atoms with Crippen molar-refractivity contribution >= 4 is 0 Å². The molecule has 0 aromatic heterocycles. The van der Waals surface area contributed by atoms with Crippen molar-refractivity contribution in [3.05, 3.63) is 71.0 Å². The fourth-order valence-electron chi connectivity index (χ4n) is 2.34. The molecule has 0 spiro atoms. The number of aliphatic hydroxyl groups excluding tert-OH is 1. The maximum absolute atomic E-state index is 13.5. The largest absolute Gasteiger partial charge is 0.395 e. The Morgan fingerprint density at radius 3 is 2.38 bits per heavy atom. The van der Waals surface area contributed by atoms with Crippen molar-refractivity contribution in [3.8, 4) is 0 Å². The van der Waals surface area contributed by atoms with E-state index in [0.717, 1.165) is 12.1 Å². The summed E-state index contributed by atoms with van der Waals surface area (Å²) < 4.78 is 13.5. The minimum atomic E-state index is -0.266. The van der Waals surface area contributed by atoms with Crippen molar-refractivity contribution in [2.75, 3.05) is 13.2 Å². The zero-order valence-corrected chi connectivity index (χ0v) is 12.0. The SMILES string of the molecule is NCc1cc(CN(CCO)Cc2ccccc2)ccc1F. The van der Waals surface area contributed by atoms with Gasteiger partial charge in [0.1, 0.15) is 5.82 Å². The van der Waals surface area contributed by atoms with Gasteiger partial charge in [-0.3, -0.25) is 4.90 Å². The Labute approximate surface area is 124 Å². The van der Waals surface area contributed by atoms with E-state index in [1.165, 1.54) is 11.6 Å². The molecule has 3 N–H and O–H groups in total. The average Bonchev–Trinajstić information content (AvgIpc) is 2.50. The molecule has 2 aromatic carbocycles. The summed E-state index contributed by atoms with van der Waals surface area (Å²) in [5.41, 5.74) is 8.25. The molecular formula is C17H21FN2O. The Bertz CT molecular complexity index is 560. The number of halogens is 1. The number of benzene rings is 2. The van der Waals surface area contributed by atoms with Gasteiger partial charge in [-0.25, -0.2) is 4.39 Å². The van der Waals surface area contributed by atoms with Crippen LogP contribution >= 0.6 is 0 Å². The summed E-state index contributed by atoms with van der Waals surface area (Å²) in [7, 11) is 0. The van der Waals surface area contributed by atoms with Gasteiger partial charge in [-0.1, -0.05) is 42.5 Å². The van der Waals surface area contributed by atoms with Crippen molar-refractivity contribution in [2.45, 2.75) is 19.6 Å². The highest BCUT2D eigenvalue weighted by molar-refractivity contribution is 5.25. The molecule has 0 saturated carbocycles. The van der Waals surface area contributed by atoms with Crippen LogP contribution < -0.4 is 5.73 Å². The fraction of sp³-hybridized carbons (Fsp3) is 0.294.